The number of hydrogen-bond acceptors (Lipinski definition) is 7. The molecule has 31 heavy (non-hydrogen) atoms. The van der Waals surface area contributed by atoms with Crippen LogP contribution in [0.25, 0.3) is 0 Å². The van der Waals surface area contributed by atoms with Crippen LogP contribution in [-0.2, 0) is 22.5 Å². The second-order valence-corrected chi connectivity index (χ2v) is 7.84. The van der Waals surface area contributed by atoms with Gasteiger partial charge in [0.2, 0.25) is 0 Å². The van der Waals surface area contributed by atoms with E-state index in [0.29, 0.717) is 24.3 Å². The zero-order valence-corrected chi connectivity index (χ0v) is 18.1. The van der Waals surface area contributed by atoms with Gasteiger partial charge in [-0.05, 0) is 62.6 Å². The molecule has 0 aromatic heterocycles. The highest BCUT2D eigenvalue weighted by molar-refractivity contribution is 5.89. The molecule has 0 bridgehead atoms. The Morgan fingerprint density at radius 1 is 1.06 bits per heavy atom. The van der Waals surface area contributed by atoms with Crippen molar-refractivity contribution in [2.75, 3.05) is 7.11 Å². The number of amides is 1. The van der Waals surface area contributed by atoms with Gasteiger partial charge in [0, 0.05) is 0 Å². The predicted molar refractivity (Wildman–Crippen MR) is 116 cm³/mol. The summed E-state index contributed by atoms with van der Waals surface area (Å²) in [6, 6.07) is 13.8. The molecule has 0 aliphatic carbocycles. The molecule has 0 aliphatic heterocycles. The van der Waals surface area contributed by atoms with Gasteiger partial charge >= 0.3 is 12.1 Å². The van der Waals surface area contributed by atoms with Crippen LogP contribution in [0.5, 0.6) is 5.75 Å². The van der Waals surface area contributed by atoms with E-state index in [9.17, 15) is 9.59 Å². The Bertz CT molecular complexity index is 886. The summed E-state index contributed by atoms with van der Waals surface area (Å²) in [5.41, 5.74) is 1.69. The summed E-state index contributed by atoms with van der Waals surface area (Å²) in [7, 11) is 1.34. The van der Waals surface area contributed by atoms with E-state index in [4.69, 9.17) is 14.7 Å². The molecule has 2 aromatic rings. The number of carbonyl (C=O) groups excluding carboxylic acids is 2. The quantitative estimate of drug-likeness (QED) is 0.285. The third-order valence-corrected chi connectivity index (χ3v) is 4.11. The summed E-state index contributed by atoms with van der Waals surface area (Å²) in [5, 5.41) is 14.6. The van der Waals surface area contributed by atoms with Gasteiger partial charge in [0.05, 0.1) is 24.9 Å². The van der Waals surface area contributed by atoms with Crippen molar-refractivity contribution in [2.24, 2.45) is 5.16 Å². The van der Waals surface area contributed by atoms with E-state index in [1.165, 1.54) is 13.3 Å². The third kappa shape index (κ3) is 8.38. The number of rotatable bonds is 8. The second kappa shape index (κ2) is 11.0. The monoisotopic (exact) mass is 428 g/mol. The number of carbonyl (C=O) groups is 2. The summed E-state index contributed by atoms with van der Waals surface area (Å²) < 4.78 is 15.7. The number of nitrogens with zero attached hydrogens (tertiary/aromatic N) is 1. The smallest absolute Gasteiger partial charge is 0.408 e. The van der Waals surface area contributed by atoms with Gasteiger partial charge in [-0.3, -0.25) is 0 Å². The van der Waals surface area contributed by atoms with Crippen molar-refractivity contribution in [3.05, 3.63) is 65.2 Å². The molecule has 0 aliphatic rings. The van der Waals surface area contributed by atoms with E-state index in [1.54, 1.807) is 32.9 Å². The molecular formula is C23H28N2O6. The summed E-state index contributed by atoms with van der Waals surface area (Å²) >= 11 is 0. The van der Waals surface area contributed by atoms with E-state index >= 15 is 0 Å². The standard InChI is InChI=1S/C23H28N2O6/c1-23(2,3)31-22(27)25-19(14-24-28)13-16-7-11-20(12-8-16)30-15-17-5-9-18(10-6-17)21(26)29-4/h5-12,14,19,28H,13,15H2,1-4H3,(H,25,27)/t19-/m0/s1. The summed E-state index contributed by atoms with van der Waals surface area (Å²) in [6.07, 6.45) is 1.07. The predicted octanol–water partition coefficient (Wildman–Crippen LogP) is 3.95. The Morgan fingerprint density at radius 3 is 2.23 bits per heavy atom. The molecule has 1 amide bonds. The van der Waals surface area contributed by atoms with Crippen LogP contribution in [0.2, 0.25) is 0 Å². The molecule has 0 fully saturated rings. The molecule has 1 atom stereocenters. The first-order chi connectivity index (χ1) is 14.7. The Labute approximate surface area is 181 Å². The first-order valence-electron chi connectivity index (χ1n) is 9.76. The molecule has 2 rings (SSSR count). The van der Waals surface area contributed by atoms with Crippen molar-refractivity contribution in [3.8, 4) is 5.75 Å². The average Bonchev–Trinajstić information content (AvgIpc) is 2.72. The van der Waals surface area contributed by atoms with Crippen molar-refractivity contribution in [1.82, 2.24) is 5.32 Å². The molecule has 2 aromatic carbocycles. The zero-order valence-electron chi connectivity index (χ0n) is 18.1. The largest absolute Gasteiger partial charge is 0.489 e. The maximum absolute atomic E-state index is 12.0. The normalized spacial score (nSPS) is 12.3. The number of alkyl carbamates (subject to hydrolysis) is 1. The Balaban J connectivity index is 1.91. The van der Waals surface area contributed by atoms with Crippen LogP contribution >= 0.6 is 0 Å². The summed E-state index contributed by atoms with van der Waals surface area (Å²) in [5.74, 6) is 0.294. The fourth-order valence-electron chi connectivity index (χ4n) is 2.68. The van der Waals surface area contributed by atoms with Crippen LogP contribution in [0, 0.1) is 0 Å². The lowest BCUT2D eigenvalue weighted by Crippen LogP contribution is -2.41. The van der Waals surface area contributed by atoms with Crippen molar-refractivity contribution in [3.63, 3.8) is 0 Å². The van der Waals surface area contributed by atoms with Crippen LogP contribution < -0.4 is 10.1 Å². The SMILES string of the molecule is COC(=O)c1ccc(COc2ccc(C[C@@H](C=NO)NC(=O)OC(C)(C)C)cc2)cc1. The van der Waals surface area contributed by atoms with Crippen LogP contribution in [0.4, 0.5) is 4.79 Å². The lowest BCUT2D eigenvalue weighted by Gasteiger charge is -2.22. The number of oxime groups is 1. The Morgan fingerprint density at radius 2 is 1.68 bits per heavy atom. The molecule has 0 spiro atoms. The van der Waals surface area contributed by atoms with Crippen molar-refractivity contribution >= 4 is 18.3 Å². The van der Waals surface area contributed by atoms with Gasteiger partial charge < -0.3 is 24.7 Å². The molecule has 0 saturated carbocycles. The fraction of sp³-hybridized carbons (Fsp3) is 0.348. The van der Waals surface area contributed by atoms with Crippen LogP contribution in [0.1, 0.15) is 42.3 Å². The minimum Gasteiger partial charge on any atom is -0.489 e. The molecular weight excluding hydrogens is 400 g/mol. The highest BCUT2D eigenvalue weighted by Crippen LogP contribution is 2.16. The molecule has 0 radical (unpaired) electrons. The number of nitrogens with one attached hydrogen (secondary N) is 1. The van der Waals surface area contributed by atoms with E-state index in [2.05, 4.69) is 15.2 Å². The molecule has 0 heterocycles. The highest BCUT2D eigenvalue weighted by atomic mass is 16.6. The van der Waals surface area contributed by atoms with Crippen molar-refractivity contribution in [1.29, 1.82) is 0 Å². The lowest BCUT2D eigenvalue weighted by molar-refractivity contribution is 0.0517. The van der Waals surface area contributed by atoms with E-state index < -0.39 is 17.7 Å². The van der Waals surface area contributed by atoms with Gasteiger partial charge in [0.1, 0.15) is 18.0 Å². The van der Waals surface area contributed by atoms with Crippen molar-refractivity contribution in [2.45, 2.75) is 45.4 Å². The lowest BCUT2D eigenvalue weighted by atomic mass is 10.1. The fourth-order valence-corrected chi connectivity index (χ4v) is 2.68. The third-order valence-electron chi connectivity index (χ3n) is 4.11. The van der Waals surface area contributed by atoms with Gasteiger partial charge in [0.15, 0.2) is 0 Å². The highest BCUT2D eigenvalue weighted by Gasteiger charge is 2.19. The van der Waals surface area contributed by atoms with Crippen LogP contribution in [0.3, 0.4) is 0 Å². The van der Waals surface area contributed by atoms with Gasteiger partial charge in [0.25, 0.3) is 0 Å². The van der Waals surface area contributed by atoms with Gasteiger partial charge in [-0.15, -0.1) is 0 Å². The molecule has 8 heteroatoms. The maximum Gasteiger partial charge on any atom is 0.408 e. The first kappa shape index (κ1) is 23.7. The maximum atomic E-state index is 12.0. The Hall–Kier alpha value is -3.55. The van der Waals surface area contributed by atoms with Gasteiger partial charge in [-0.25, -0.2) is 9.59 Å². The molecule has 166 valence electrons. The van der Waals surface area contributed by atoms with Crippen LogP contribution in [0.15, 0.2) is 53.7 Å². The zero-order chi connectivity index (χ0) is 22.9. The van der Waals surface area contributed by atoms with Gasteiger partial charge in [-0.1, -0.05) is 29.4 Å². The average molecular weight is 428 g/mol. The Kier molecular flexibility index (Phi) is 8.43. The van der Waals surface area contributed by atoms with Gasteiger partial charge in [-0.2, -0.15) is 0 Å². The minimum atomic E-state index is -0.621. The number of ether oxygens (including phenoxy) is 3. The van der Waals surface area contributed by atoms with E-state index in [1.807, 2.05) is 36.4 Å². The van der Waals surface area contributed by atoms with E-state index in [-0.39, 0.29) is 5.97 Å². The summed E-state index contributed by atoms with van der Waals surface area (Å²) in [4.78, 5) is 23.4. The number of benzene rings is 2. The first-order valence-corrected chi connectivity index (χ1v) is 9.76. The minimum absolute atomic E-state index is 0.348. The number of hydrogen-bond donors (Lipinski definition) is 2. The topological polar surface area (TPSA) is 106 Å². The molecule has 2 N–H and O–H groups in total. The van der Waals surface area contributed by atoms with Crippen molar-refractivity contribution < 1.29 is 29.0 Å². The number of esters is 1. The molecule has 0 unspecified atom stereocenters. The second-order valence-electron chi connectivity index (χ2n) is 7.84. The van der Waals surface area contributed by atoms with E-state index in [0.717, 1.165) is 11.1 Å². The molecule has 8 nitrogen and oxygen atoms in total. The summed E-state index contributed by atoms with van der Waals surface area (Å²) in [6.45, 7) is 5.66. The number of methoxy groups -OCH3 is 1. The van der Waals surface area contributed by atoms with Crippen LogP contribution in [-0.4, -0.2) is 42.2 Å². The molecule has 0 saturated heterocycles.